The predicted molar refractivity (Wildman–Crippen MR) is 145 cm³/mol. The Morgan fingerprint density at radius 3 is 2.79 bits per heavy atom. The largest absolute Gasteiger partial charge is 0.350 e. The molecule has 1 aliphatic heterocycles. The summed E-state index contributed by atoms with van der Waals surface area (Å²) in [6.45, 7) is 0.737. The van der Waals surface area contributed by atoms with Gasteiger partial charge in [-0.05, 0) is 67.0 Å². The third kappa shape index (κ3) is 5.94. The first-order valence-electron chi connectivity index (χ1n) is 12.0. The summed E-state index contributed by atoms with van der Waals surface area (Å²) in [5, 5.41) is 8.58. The van der Waals surface area contributed by atoms with Crippen LogP contribution < -0.4 is 4.72 Å². The number of sulfonamides is 1. The van der Waals surface area contributed by atoms with Crippen molar-refractivity contribution in [2.45, 2.75) is 18.9 Å². The lowest BCUT2D eigenvalue weighted by Crippen LogP contribution is -2.28. The van der Waals surface area contributed by atoms with E-state index in [1.807, 2.05) is 29.2 Å². The summed E-state index contributed by atoms with van der Waals surface area (Å²) in [7, 11) is -3.45. The van der Waals surface area contributed by atoms with Gasteiger partial charge in [-0.2, -0.15) is 0 Å². The van der Waals surface area contributed by atoms with Crippen LogP contribution in [0.15, 0.2) is 73.1 Å². The fraction of sp³-hybridized carbons (Fsp3) is 0.185. The van der Waals surface area contributed by atoms with E-state index < -0.39 is 10.0 Å². The molecule has 1 aromatic carbocycles. The van der Waals surface area contributed by atoms with Gasteiger partial charge in [-0.15, -0.1) is 0 Å². The van der Waals surface area contributed by atoms with E-state index in [2.05, 4.69) is 19.7 Å². The molecule has 1 atom stereocenters. The van der Waals surface area contributed by atoms with Crippen molar-refractivity contribution in [2.75, 3.05) is 17.5 Å². The Kier molecular flexibility index (Phi) is 7.01. The van der Waals surface area contributed by atoms with Crippen LogP contribution in [0.3, 0.4) is 0 Å². The standard InChI is InChI=1S/C27H26FN7O2S/c1-38(36,37)34-27-16-18(12-13-30-27)21-7-3-8-22(32-21)23-17-31-26(33-23)11-10-25(29)35-14-4-9-24(35)19-5-2-6-20(28)15-19/h2-3,5-8,10-13,15-17,24,29H,4,9,14H2,1H3,(H,30,34)(H,31,33)/t24-/m1/s1. The van der Waals surface area contributed by atoms with Gasteiger partial charge in [-0.25, -0.2) is 27.8 Å². The van der Waals surface area contributed by atoms with Crippen LogP contribution in [0.2, 0.25) is 0 Å². The summed E-state index contributed by atoms with van der Waals surface area (Å²) in [5.41, 5.74) is 3.58. The first-order valence-corrected chi connectivity index (χ1v) is 13.9. The van der Waals surface area contributed by atoms with Crippen LogP contribution >= 0.6 is 0 Å². The van der Waals surface area contributed by atoms with Gasteiger partial charge in [0.1, 0.15) is 23.3 Å². The van der Waals surface area contributed by atoms with Crippen LogP contribution in [-0.4, -0.2) is 51.9 Å². The molecule has 1 fully saturated rings. The molecule has 3 N–H and O–H groups in total. The number of nitrogens with one attached hydrogen (secondary N) is 3. The topological polar surface area (TPSA) is 128 Å². The van der Waals surface area contributed by atoms with Gasteiger partial charge in [0.05, 0.1) is 35.6 Å². The van der Waals surface area contributed by atoms with Gasteiger partial charge >= 0.3 is 0 Å². The Morgan fingerprint density at radius 1 is 1.16 bits per heavy atom. The van der Waals surface area contributed by atoms with Crippen molar-refractivity contribution in [2.24, 2.45) is 0 Å². The number of hydrogen-bond donors (Lipinski definition) is 3. The Bertz CT molecular complexity index is 1620. The Hall–Kier alpha value is -4.38. The van der Waals surface area contributed by atoms with Crippen molar-refractivity contribution in [3.63, 3.8) is 0 Å². The molecule has 4 heterocycles. The highest BCUT2D eigenvalue weighted by molar-refractivity contribution is 7.92. The van der Waals surface area contributed by atoms with Crippen molar-refractivity contribution in [1.82, 2.24) is 24.8 Å². The second-order valence-electron chi connectivity index (χ2n) is 9.02. The molecule has 0 radical (unpaired) electrons. The van der Waals surface area contributed by atoms with E-state index in [1.54, 1.807) is 36.5 Å². The minimum Gasteiger partial charge on any atom is -0.350 e. The smallest absolute Gasteiger partial charge is 0.230 e. The first-order chi connectivity index (χ1) is 18.2. The number of benzene rings is 1. The van der Waals surface area contributed by atoms with E-state index in [9.17, 15) is 12.8 Å². The summed E-state index contributed by atoms with van der Waals surface area (Å²) in [6, 6.07) is 15.4. The molecule has 0 unspecified atom stereocenters. The second kappa shape index (κ2) is 10.5. The van der Waals surface area contributed by atoms with Crippen LogP contribution in [0, 0.1) is 11.2 Å². The van der Waals surface area contributed by atoms with Gasteiger partial charge in [0.25, 0.3) is 0 Å². The number of nitrogens with zero attached hydrogens (tertiary/aromatic N) is 4. The quantitative estimate of drug-likeness (QED) is 0.231. The number of amidine groups is 1. The van der Waals surface area contributed by atoms with Crippen LogP contribution in [0.4, 0.5) is 10.2 Å². The van der Waals surface area contributed by atoms with Crippen molar-refractivity contribution in [3.8, 4) is 22.6 Å². The molecule has 0 spiro atoms. The maximum absolute atomic E-state index is 13.7. The van der Waals surface area contributed by atoms with E-state index in [0.29, 0.717) is 34.3 Å². The summed E-state index contributed by atoms with van der Waals surface area (Å²) in [5.74, 6) is 0.853. The van der Waals surface area contributed by atoms with E-state index in [0.717, 1.165) is 31.2 Å². The molecule has 38 heavy (non-hydrogen) atoms. The highest BCUT2D eigenvalue weighted by Gasteiger charge is 2.27. The number of aromatic nitrogens is 4. The number of hydrogen-bond acceptors (Lipinski definition) is 6. The molecule has 0 aliphatic carbocycles. The number of pyridine rings is 2. The SMILES string of the molecule is CS(=O)(=O)Nc1cc(-c2cccc(-c3cnc(C=CC(=N)N4CCC[C@@H]4c4cccc(F)c4)[nH]3)n2)ccn1. The van der Waals surface area contributed by atoms with Crippen molar-refractivity contribution >= 4 is 27.8 Å². The zero-order valence-corrected chi connectivity index (χ0v) is 21.4. The van der Waals surface area contributed by atoms with Gasteiger partial charge in [-0.1, -0.05) is 18.2 Å². The van der Waals surface area contributed by atoms with Crippen LogP contribution in [0.25, 0.3) is 28.7 Å². The van der Waals surface area contributed by atoms with Gasteiger partial charge < -0.3 is 9.88 Å². The van der Waals surface area contributed by atoms with Crippen LogP contribution in [-0.2, 0) is 10.0 Å². The number of imidazole rings is 1. The maximum Gasteiger partial charge on any atom is 0.230 e. The third-order valence-corrected chi connectivity index (χ3v) is 6.74. The molecular formula is C27H26FN7O2S. The lowest BCUT2D eigenvalue weighted by molar-refractivity contribution is 0.399. The zero-order chi connectivity index (χ0) is 26.7. The molecule has 5 rings (SSSR count). The lowest BCUT2D eigenvalue weighted by Gasteiger charge is -2.26. The number of rotatable bonds is 7. The average Bonchev–Trinajstić information content (AvgIpc) is 3.57. The number of anilines is 1. The van der Waals surface area contributed by atoms with Gasteiger partial charge in [0.15, 0.2) is 0 Å². The second-order valence-corrected chi connectivity index (χ2v) is 10.8. The van der Waals surface area contributed by atoms with Crippen LogP contribution in [0.1, 0.15) is 30.3 Å². The maximum atomic E-state index is 13.7. The molecule has 1 aliphatic rings. The third-order valence-electron chi connectivity index (χ3n) is 6.16. The lowest BCUT2D eigenvalue weighted by atomic mass is 10.0. The van der Waals surface area contributed by atoms with E-state index in [1.165, 1.54) is 18.3 Å². The van der Waals surface area contributed by atoms with E-state index >= 15 is 0 Å². The molecule has 4 aromatic rings. The fourth-order valence-corrected chi connectivity index (χ4v) is 4.99. The van der Waals surface area contributed by atoms with E-state index in [4.69, 9.17) is 10.4 Å². The minimum atomic E-state index is -3.45. The summed E-state index contributed by atoms with van der Waals surface area (Å²) in [6.07, 6.45) is 9.50. The molecular weight excluding hydrogens is 505 g/mol. The Labute approximate surface area is 220 Å². The molecule has 11 heteroatoms. The summed E-state index contributed by atoms with van der Waals surface area (Å²) < 4.78 is 39.2. The number of H-pyrrole nitrogens is 1. The highest BCUT2D eigenvalue weighted by Crippen LogP contribution is 2.32. The molecule has 0 bridgehead atoms. The van der Waals surface area contributed by atoms with Gasteiger partial charge in [0, 0.05) is 18.3 Å². The number of likely N-dealkylation sites (tertiary alicyclic amines) is 1. The molecule has 0 amide bonds. The highest BCUT2D eigenvalue weighted by atomic mass is 32.2. The van der Waals surface area contributed by atoms with Crippen molar-refractivity contribution in [3.05, 3.63) is 90.3 Å². The summed E-state index contributed by atoms with van der Waals surface area (Å²) >= 11 is 0. The Balaban J connectivity index is 1.31. The monoisotopic (exact) mass is 531 g/mol. The van der Waals surface area contributed by atoms with Crippen molar-refractivity contribution in [1.29, 1.82) is 5.41 Å². The van der Waals surface area contributed by atoms with Crippen LogP contribution in [0.5, 0.6) is 0 Å². The molecule has 9 nitrogen and oxygen atoms in total. The van der Waals surface area contributed by atoms with Gasteiger partial charge in [-0.3, -0.25) is 10.1 Å². The molecule has 1 saturated heterocycles. The average molecular weight is 532 g/mol. The number of halogens is 1. The fourth-order valence-electron chi connectivity index (χ4n) is 4.50. The van der Waals surface area contributed by atoms with Gasteiger partial charge in [0.2, 0.25) is 10.0 Å². The molecule has 194 valence electrons. The first kappa shape index (κ1) is 25.3. The molecule has 3 aromatic heterocycles. The normalized spacial score (nSPS) is 15.7. The number of aromatic amines is 1. The van der Waals surface area contributed by atoms with Crippen molar-refractivity contribution < 1.29 is 12.8 Å². The predicted octanol–water partition coefficient (Wildman–Crippen LogP) is 4.87. The molecule has 0 saturated carbocycles. The minimum absolute atomic E-state index is 0.0247. The summed E-state index contributed by atoms with van der Waals surface area (Å²) in [4.78, 5) is 18.3. The zero-order valence-electron chi connectivity index (χ0n) is 20.6. The van der Waals surface area contributed by atoms with E-state index in [-0.39, 0.29) is 17.7 Å². The Morgan fingerprint density at radius 2 is 1.97 bits per heavy atom.